The smallest absolute Gasteiger partial charge is 0.383 e. The van der Waals surface area contributed by atoms with Crippen LogP contribution in [0.4, 0.5) is 19.0 Å². The summed E-state index contributed by atoms with van der Waals surface area (Å²) in [6.07, 6.45) is -1.50. The molecule has 0 amide bonds. The molecular weight excluding hydrogens is 321 g/mol. The Morgan fingerprint density at radius 3 is 2.88 bits per heavy atom. The second kappa shape index (κ2) is 6.48. The molecule has 0 aliphatic rings. The number of H-pyrrole nitrogens is 1. The predicted octanol–water partition coefficient (Wildman–Crippen LogP) is 3.70. The minimum Gasteiger partial charge on any atom is -0.383 e. The Morgan fingerprint density at radius 2 is 2.12 bits per heavy atom. The number of aromatic nitrogens is 3. The molecule has 0 radical (unpaired) electrons. The predicted molar refractivity (Wildman–Crippen MR) is 84.7 cm³/mol. The summed E-state index contributed by atoms with van der Waals surface area (Å²) >= 11 is 0. The van der Waals surface area contributed by atoms with Crippen molar-refractivity contribution in [3.8, 4) is 11.3 Å². The molecule has 126 valence electrons. The number of anilines is 1. The first-order chi connectivity index (χ1) is 11.5. The van der Waals surface area contributed by atoms with Gasteiger partial charge in [0.2, 0.25) is 0 Å². The van der Waals surface area contributed by atoms with E-state index >= 15 is 0 Å². The fourth-order valence-corrected chi connectivity index (χ4v) is 2.45. The maximum atomic E-state index is 13.3. The highest BCUT2D eigenvalue weighted by Gasteiger charge is 2.34. The zero-order valence-corrected chi connectivity index (χ0v) is 12.8. The largest absolute Gasteiger partial charge is 0.418 e. The van der Waals surface area contributed by atoms with E-state index in [4.69, 9.17) is 4.74 Å². The van der Waals surface area contributed by atoms with Crippen molar-refractivity contribution >= 4 is 16.9 Å². The first kappa shape index (κ1) is 16.3. The number of pyridine rings is 2. The van der Waals surface area contributed by atoms with Gasteiger partial charge in [0.25, 0.3) is 0 Å². The monoisotopic (exact) mass is 336 g/mol. The molecule has 0 fully saturated rings. The molecule has 3 heterocycles. The van der Waals surface area contributed by atoms with Crippen molar-refractivity contribution in [2.45, 2.75) is 6.18 Å². The third-order valence-electron chi connectivity index (χ3n) is 3.51. The van der Waals surface area contributed by atoms with Crippen LogP contribution in [0.1, 0.15) is 5.56 Å². The van der Waals surface area contributed by atoms with Gasteiger partial charge in [-0.3, -0.25) is 4.98 Å². The highest BCUT2D eigenvalue weighted by atomic mass is 19.4. The first-order valence-electron chi connectivity index (χ1n) is 7.24. The summed E-state index contributed by atoms with van der Waals surface area (Å²) in [5, 5.41) is 3.61. The van der Waals surface area contributed by atoms with Gasteiger partial charge in [0.15, 0.2) is 0 Å². The van der Waals surface area contributed by atoms with E-state index in [1.165, 1.54) is 12.3 Å². The van der Waals surface area contributed by atoms with Crippen LogP contribution < -0.4 is 5.32 Å². The normalized spacial score (nSPS) is 11.8. The number of ether oxygens (including phenoxy) is 1. The number of alkyl halides is 3. The zero-order chi connectivity index (χ0) is 17.2. The van der Waals surface area contributed by atoms with Gasteiger partial charge in [-0.2, -0.15) is 13.2 Å². The standard InChI is InChI=1S/C16H15F3N4O/c1-24-8-7-20-13-9-11(10-4-6-22-15(10)23-13)14-12(16(17,18)19)3-2-5-21-14/h2-6,9H,7-8H2,1H3,(H2,20,22,23). The Morgan fingerprint density at radius 1 is 1.29 bits per heavy atom. The average Bonchev–Trinajstić information content (AvgIpc) is 3.02. The van der Waals surface area contributed by atoms with E-state index in [0.717, 1.165) is 6.07 Å². The van der Waals surface area contributed by atoms with Crippen LogP contribution >= 0.6 is 0 Å². The van der Waals surface area contributed by atoms with Crippen LogP contribution in [-0.2, 0) is 10.9 Å². The topological polar surface area (TPSA) is 62.8 Å². The van der Waals surface area contributed by atoms with Gasteiger partial charge in [0.05, 0.1) is 17.9 Å². The number of hydrogen-bond acceptors (Lipinski definition) is 4. The van der Waals surface area contributed by atoms with Crippen molar-refractivity contribution in [2.75, 3.05) is 25.6 Å². The lowest BCUT2D eigenvalue weighted by atomic mass is 10.0. The Balaban J connectivity index is 2.14. The summed E-state index contributed by atoms with van der Waals surface area (Å²) in [5.41, 5.74) is -0.0337. The van der Waals surface area contributed by atoms with Crippen molar-refractivity contribution < 1.29 is 17.9 Å². The number of nitrogens with zero attached hydrogens (tertiary/aromatic N) is 2. The minimum atomic E-state index is -4.49. The number of aromatic amines is 1. The van der Waals surface area contributed by atoms with E-state index in [1.54, 1.807) is 25.4 Å². The van der Waals surface area contributed by atoms with E-state index in [9.17, 15) is 13.2 Å². The Kier molecular flexibility index (Phi) is 4.39. The number of halogens is 3. The van der Waals surface area contributed by atoms with E-state index in [-0.39, 0.29) is 5.69 Å². The van der Waals surface area contributed by atoms with Gasteiger partial charge in [-0.05, 0) is 24.3 Å². The van der Waals surface area contributed by atoms with Crippen molar-refractivity contribution in [3.05, 3.63) is 42.2 Å². The highest BCUT2D eigenvalue weighted by Crippen LogP contribution is 2.38. The van der Waals surface area contributed by atoms with E-state index < -0.39 is 11.7 Å². The van der Waals surface area contributed by atoms with Gasteiger partial charge in [0, 0.05) is 37.0 Å². The maximum absolute atomic E-state index is 13.3. The molecule has 2 N–H and O–H groups in total. The molecule has 5 nitrogen and oxygen atoms in total. The van der Waals surface area contributed by atoms with Crippen LogP contribution in [0.5, 0.6) is 0 Å². The Hall–Kier alpha value is -2.61. The van der Waals surface area contributed by atoms with Crippen molar-refractivity contribution in [1.29, 1.82) is 0 Å². The van der Waals surface area contributed by atoms with Gasteiger partial charge in [-0.1, -0.05) is 0 Å². The lowest BCUT2D eigenvalue weighted by Crippen LogP contribution is -2.10. The summed E-state index contributed by atoms with van der Waals surface area (Å²) in [5.74, 6) is 0.454. The van der Waals surface area contributed by atoms with E-state index in [1.807, 2.05) is 0 Å². The Labute approximate surface area is 135 Å². The molecule has 0 spiro atoms. The maximum Gasteiger partial charge on any atom is 0.418 e. The fraction of sp³-hybridized carbons (Fsp3) is 0.250. The van der Waals surface area contributed by atoms with Gasteiger partial charge in [-0.25, -0.2) is 4.98 Å². The third-order valence-corrected chi connectivity index (χ3v) is 3.51. The van der Waals surface area contributed by atoms with Crippen LogP contribution in [0, 0.1) is 0 Å². The number of rotatable bonds is 5. The molecule has 24 heavy (non-hydrogen) atoms. The zero-order valence-electron chi connectivity index (χ0n) is 12.8. The molecule has 0 atom stereocenters. The molecule has 0 aliphatic carbocycles. The fourth-order valence-electron chi connectivity index (χ4n) is 2.45. The van der Waals surface area contributed by atoms with Crippen molar-refractivity contribution in [2.24, 2.45) is 0 Å². The van der Waals surface area contributed by atoms with Crippen LogP contribution in [0.15, 0.2) is 36.7 Å². The molecular formula is C16H15F3N4O. The molecule has 3 aromatic heterocycles. The molecule has 0 aliphatic heterocycles. The third kappa shape index (κ3) is 3.18. The molecule has 0 aromatic carbocycles. The van der Waals surface area contributed by atoms with Crippen LogP contribution in [-0.4, -0.2) is 35.2 Å². The molecule has 0 saturated carbocycles. The number of methoxy groups -OCH3 is 1. The first-order valence-corrected chi connectivity index (χ1v) is 7.24. The summed E-state index contributed by atoms with van der Waals surface area (Å²) in [7, 11) is 1.57. The lowest BCUT2D eigenvalue weighted by Gasteiger charge is -2.14. The minimum absolute atomic E-state index is 0.119. The van der Waals surface area contributed by atoms with Crippen LogP contribution in [0.2, 0.25) is 0 Å². The highest BCUT2D eigenvalue weighted by molar-refractivity contribution is 5.94. The van der Waals surface area contributed by atoms with Crippen LogP contribution in [0.3, 0.4) is 0 Å². The number of hydrogen-bond donors (Lipinski definition) is 2. The quantitative estimate of drug-likeness (QED) is 0.698. The molecule has 0 saturated heterocycles. The molecule has 0 unspecified atom stereocenters. The van der Waals surface area contributed by atoms with Gasteiger partial charge >= 0.3 is 6.18 Å². The summed E-state index contributed by atoms with van der Waals surface area (Å²) in [6.45, 7) is 0.945. The van der Waals surface area contributed by atoms with Gasteiger partial charge < -0.3 is 15.0 Å². The molecule has 3 rings (SSSR count). The van der Waals surface area contributed by atoms with Crippen LogP contribution in [0.25, 0.3) is 22.3 Å². The Bertz CT molecular complexity index is 845. The van der Waals surface area contributed by atoms with E-state index in [2.05, 4.69) is 20.3 Å². The second-order valence-corrected chi connectivity index (χ2v) is 5.11. The molecule has 3 aromatic rings. The molecule has 8 heteroatoms. The van der Waals surface area contributed by atoms with Crippen molar-refractivity contribution in [1.82, 2.24) is 15.0 Å². The summed E-state index contributed by atoms with van der Waals surface area (Å²) in [6, 6.07) is 5.56. The number of nitrogens with one attached hydrogen (secondary N) is 2. The molecule has 0 bridgehead atoms. The summed E-state index contributed by atoms with van der Waals surface area (Å²) in [4.78, 5) is 11.2. The lowest BCUT2D eigenvalue weighted by molar-refractivity contribution is -0.137. The number of fused-ring (bicyclic) bond motifs is 1. The van der Waals surface area contributed by atoms with Gasteiger partial charge in [-0.15, -0.1) is 0 Å². The SMILES string of the molecule is COCCNc1cc(-c2ncccc2C(F)(F)F)c2cc[nH]c2n1. The van der Waals surface area contributed by atoms with Gasteiger partial charge in [0.1, 0.15) is 11.5 Å². The average molecular weight is 336 g/mol. The van der Waals surface area contributed by atoms with Crippen molar-refractivity contribution in [3.63, 3.8) is 0 Å². The van der Waals surface area contributed by atoms with E-state index in [0.29, 0.717) is 35.6 Å². The second-order valence-electron chi connectivity index (χ2n) is 5.11. The summed E-state index contributed by atoms with van der Waals surface area (Å²) < 4.78 is 44.9.